The van der Waals surface area contributed by atoms with E-state index in [2.05, 4.69) is 5.32 Å². The lowest BCUT2D eigenvalue weighted by Gasteiger charge is -2.56. The van der Waals surface area contributed by atoms with Gasteiger partial charge in [-0.05, 0) is 93.7 Å². The summed E-state index contributed by atoms with van der Waals surface area (Å²) >= 11 is 0. The fraction of sp³-hybridized carbons (Fsp3) is 0.625. The Morgan fingerprint density at radius 2 is 1.70 bits per heavy atom. The number of nitrogens with zero attached hydrogens (tertiary/aromatic N) is 2. The number of rotatable bonds is 2. The van der Waals surface area contributed by atoms with Crippen molar-refractivity contribution < 1.29 is 13.2 Å². The molecule has 6 heteroatoms. The molecule has 0 spiro atoms. The molecule has 0 unspecified atom stereocenters. The van der Waals surface area contributed by atoms with Crippen molar-refractivity contribution in [2.45, 2.75) is 69.4 Å². The smallest absolute Gasteiger partial charge is 0.370 e. The van der Waals surface area contributed by atoms with Crippen LogP contribution in [0.15, 0.2) is 24.3 Å². The van der Waals surface area contributed by atoms with E-state index in [-0.39, 0.29) is 5.41 Å². The number of anilines is 1. The summed E-state index contributed by atoms with van der Waals surface area (Å²) in [4.78, 5) is 0. The van der Waals surface area contributed by atoms with E-state index in [1.807, 2.05) is 0 Å². The first-order valence-electron chi connectivity index (χ1n) is 11.5. The molecule has 7 rings (SSSR count). The fourth-order valence-electron chi connectivity index (χ4n) is 7.33. The van der Waals surface area contributed by atoms with Crippen molar-refractivity contribution in [3.63, 3.8) is 0 Å². The summed E-state index contributed by atoms with van der Waals surface area (Å²) in [5.74, 6) is 3.36. The van der Waals surface area contributed by atoms with Crippen LogP contribution in [0.2, 0.25) is 0 Å². The summed E-state index contributed by atoms with van der Waals surface area (Å²) in [6.07, 6.45) is 6.55. The molecule has 1 aromatic carbocycles. The van der Waals surface area contributed by atoms with E-state index in [1.165, 1.54) is 61.9 Å². The minimum atomic E-state index is -4.35. The molecule has 1 aromatic heterocycles. The average Bonchev–Trinajstić information content (AvgIpc) is 2.89. The van der Waals surface area contributed by atoms with Gasteiger partial charge in [-0.25, -0.2) is 4.68 Å². The second-order valence-corrected chi connectivity index (χ2v) is 10.2. The highest BCUT2D eigenvalue weighted by molar-refractivity contribution is 5.56. The molecule has 2 aromatic rings. The lowest BCUT2D eigenvalue weighted by Crippen LogP contribution is -2.49. The van der Waals surface area contributed by atoms with Crippen LogP contribution in [0.4, 0.5) is 19.0 Å². The average molecular weight is 416 g/mol. The highest BCUT2D eigenvalue weighted by Gasteiger charge is 2.53. The molecule has 2 heterocycles. The maximum Gasteiger partial charge on any atom is 0.416 e. The van der Waals surface area contributed by atoms with Crippen LogP contribution in [-0.2, 0) is 18.0 Å². The van der Waals surface area contributed by atoms with Crippen molar-refractivity contribution in [3.8, 4) is 5.69 Å². The van der Waals surface area contributed by atoms with Crippen molar-refractivity contribution in [2.75, 3.05) is 11.9 Å². The van der Waals surface area contributed by atoms with Crippen molar-refractivity contribution in [2.24, 2.45) is 17.8 Å². The van der Waals surface area contributed by atoms with E-state index in [4.69, 9.17) is 5.10 Å². The van der Waals surface area contributed by atoms with Gasteiger partial charge in [-0.1, -0.05) is 6.07 Å². The van der Waals surface area contributed by atoms with E-state index in [0.717, 1.165) is 55.4 Å². The van der Waals surface area contributed by atoms with Crippen molar-refractivity contribution >= 4 is 5.82 Å². The Kier molecular flexibility index (Phi) is 4.07. The zero-order chi connectivity index (χ0) is 20.5. The monoisotopic (exact) mass is 415 g/mol. The van der Waals surface area contributed by atoms with Crippen LogP contribution in [0.3, 0.4) is 0 Å². The van der Waals surface area contributed by atoms with Crippen LogP contribution in [-0.4, -0.2) is 16.3 Å². The Morgan fingerprint density at radius 1 is 1.00 bits per heavy atom. The van der Waals surface area contributed by atoms with Crippen molar-refractivity contribution in [1.29, 1.82) is 0 Å². The molecule has 1 N–H and O–H groups in total. The Labute approximate surface area is 175 Å². The van der Waals surface area contributed by atoms with Gasteiger partial charge < -0.3 is 5.32 Å². The van der Waals surface area contributed by atoms with Crippen LogP contribution in [0.25, 0.3) is 5.69 Å². The van der Waals surface area contributed by atoms with Gasteiger partial charge in [0.1, 0.15) is 5.82 Å². The van der Waals surface area contributed by atoms with E-state index in [1.54, 1.807) is 10.7 Å². The van der Waals surface area contributed by atoms with Gasteiger partial charge in [-0.2, -0.15) is 18.3 Å². The predicted molar refractivity (Wildman–Crippen MR) is 110 cm³/mol. The standard InChI is InChI=1S/C24H28F3N3/c25-24(26,27)18-4-3-5-19(11-18)30-22-20(6-1-2-7-28-22)21(29-30)23-12-15-8-16(13-23)10-17(9-15)14-23/h3-5,11,15-17,28H,1-2,6-10,12-14H2. The Hall–Kier alpha value is -1.98. The van der Waals surface area contributed by atoms with Crippen LogP contribution in [0.5, 0.6) is 0 Å². The fourth-order valence-corrected chi connectivity index (χ4v) is 7.33. The zero-order valence-electron chi connectivity index (χ0n) is 17.1. The van der Waals surface area contributed by atoms with Crippen molar-refractivity contribution in [1.82, 2.24) is 9.78 Å². The third kappa shape index (κ3) is 2.89. The van der Waals surface area contributed by atoms with Gasteiger partial charge in [-0.3, -0.25) is 0 Å². The lowest BCUT2D eigenvalue weighted by atomic mass is 9.48. The van der Waals surface area contributed by atoms with Crippen LogP contribution < -0.4 is 5.32 Å². The maximum absolute atomic E-state index is 13.4. The Morgan fingerprint density at radius 3 is 2.37 bits per heavy atom. The molecule has 30 heavy (non-hydrogen) atoms. The number of aromatic nitrogens is 2. The number of benzene rings is 1. The molecule has 4 fully saturated rings. The van der Waals surface area contributed by atoms with Gasteiger partial charge in [0.05, 0.1) is 16.9 Å². The third-order valence-electron chi connectivity index (χ3n) is 8.09. The molecule has 1 aliphatic heterocycles. The summed E-state index contributed by atoms with van der Waals surface area (Å²) in [5.41, 5.74) is 2.49. The summed E-state index contributed by atoms with van der Waals surface area (Å²) in [7, 11) is 0. The molecule has 0 amide bonds. The summed E-state index contributed by atoms with van der Waals surface area (Å²) in [6, 6.07) is 5.62. The van der Waals surface area contributed by atoms with E-state index < -0.39 is 11.7 Å². The third-order valence-corrected chi connectivity index (χ3v) is 8.09. The molecule has 5 aliphatic rings. The number of hydrogen-bond donors (Lipinski definition) is 1. The molecule has 0 radical (unpaired) electrons. The van der Waals surface area contributed by atoms with Crippen LogP contribution >= 0.6 is 0 Å². The summed E-state index contributed by atoms with van der Waals surface area (Å²) in [6.45, 7) is 0.845. The van der Waals surface area contributed by atoms with Gasteiger partial charge in [0.2, 0.25) is 0 Å². The number of halogens is 3. The topological polar surface area (TPSA) is 29.9 Å². The van der Waals surface area contributed by atoms with Gasteiger partial charge in [0.15, 0.2) is 0 Å². The molecule has 160 valence electrons. The largest absolute Gasteiger partial charge is 0.416 e. The molecule has 3 nitrogen and oxygen atoms in total. The number of fused-ring (bicyclic) bond motifs is 1. The second kappa shape index (κ2) is 6.51. The molecule has 4 saturated carbocycles. The Balaban J connectivity index is 1.49. The predicted octanol–water partition coefficient (Wildman–Crippen LogP) is 6.11. The molecule has 4 bridgehead atoms. The molecular weight excluding hydrogens is 387 g/mol. The lowest BCUT2D eigenvalue weighted by molar-refractivity contribution is -0.137. The van der Waals surface area contributed by atoms with Crippen LogP contribution in [0, 0.1) is 17.8 Å². The number of nitrogens with one attached hydrogen (secondary N) is 1. The van der Waals surface area contributed by atoms with E-state index in [9.17, 15) is 13.2 Å². The minimum Gasteiger partial charge on any atom is -0.370 e. The van der Waals surface area contributed by atoms with Crippen molar-refractivity contribution in [3.05, 3.63) is 41.1 Å². The first-order valence-corrected chi connectivity index (χ1v) is 11.5. The normalized spacial score (nSPS) is 32.6. The first-order chi connectivity index (χ1) is 14.4. The van der Waals surface area contributed by atoms with E-state index >= 15 is 0 Å². The van der Waals surface area contributed by atoms with Crippen LogP contribution in [0.1, 0.15) is 68.2 Å². The molecule has 4 aliphatic carbocycles. The van der Waals surface area contributed by atoms with E-state index in [0.29, 0.717) is 5.69 Å². The molecule has 0 atom stereocenters. The summed E-state index contributed by atoms with van der Waals surface area (Å²) in [5, 5.41) is 8.63. The molecule has 0 saturated heterocycles. The van der Waals surface area contributed by atoms with Gasteiger partial charge in [0, 0.05) is 17.5 Å². The minimum absolute atomic E-state index is 0.137. The number of hydrogen-bond acceptors (Lipinski definition) is 2. The second-order valence-electron chi connectivity index (χ2n) is 10.2. The summed E-state index contributed by atoms with van der Waals surface area (Å²) < 4.78 is 41.8. The molecular formula is C24H28F3N3. The Bertz CT molecular complexity index is 939. The SMILES string of the molecule is FC(F)(F)c1cccc(-n2nc(C34CC5CC(CC(C5)C3)C4)c3c2NCCCC3)c1. The number of alkyl halides is 3. The van der Waals surface area contributed by atoms with Gasteiger partial charge in [-0.15, -0.1) is 0 Å². The van der Waals surface area contributed by atoms with Gasteiger partial charge >= 0.3 is 6.18 Å². The van der Waals surface area contributed by atoms with Gasteiger partial charge in [0.25, 0.3) is 0 Å². The highest BCUT2D eigenvalue weighted by atomic mass is 19.4. The maximum atomic E-state index is 13.4. The highest BCUT2D eigenvalue weighted by Crippen LogP contribution is 2.61. The first kappa shape index (κ1) is 18.8. The quantitative estimate of drug-likeness (QED) is 0.642. The zero-order valence-corrected chi connectivity index (χ0v) is 17.1.